The quantitative estimate of drug-likeness (QED) is 0.892. The fraction of sp³-hybridized carbons (Fsp3) is 0.800. The Morgan fingerprint density at radius 3 is 2.95 bits per heavy atom. The highest BCUT2D eigenvalue weighted by molar-refractivity contribution is 5.02. The Bertz CT molecular complexity index is 443. The van der Waals surface area contributed by atoms with Crippen LogP contribution in [0.25, 0.3) is 0 Å². The molecule has 1 fully saturated rings. The molecule has 1 atom stereocenters. The summed E-state index contributed by atoms with van der Waals surface area (Å²) in [5, 5.41) is 0. The highest BCUT2D eigenvalue weighted by Gasteiger charge is 2.38. The summed E-state index contributed by atoms with van der Waals surface area (Å²) in [5.74, 6) is 1.20. The maximum Gasteiger partial charge on any atom is 0.122 e. The zero-order valence-electron chi connectivity index (χ0n) is 12.6. The topological polar surface area (TPSA) is 50.3 Å². The lowest BCUT2D eigenvalue weighted by molar-refractivity contribution is 0.0500. The maximum atomic E-state index is 6.23. The van der Waals surface area contributed by atoms with Gasteiger partial charge in [0, 0.05) is 37.6 Å². The first-order valence-corrected chi connectivity index (χ1v) is 7.95. The lowest BCUT2D eigenvalue weighted by Gasteiger charge is -2.45. The highest BCUT2D eigenvalue weighted by Crippen LogP contribution is 2.31. The Balaban J connectivity index is 1.76. The van der Waals surface area contributed by atoms with Crippen molar-refractivity contribution in [2.45, 2.75) is 44.8 Å². The van der Waals surface area contributed by atoms with Crippen molar-refractivity contribution in [2.24, 2.45) is 5.73 Å². The largest absolute Gasteiger partial charge is 0.333 e. The molecule has 0 bridgehead atoms. The van der Waals surface area contributed by atoms with Crippen molar-refractivity contribution in [1.82, 2.24) is 19.4 Å². The molecular formula is C15H27N5. The number of hydrogen-bond acceptors (Lipinski definition) is 4. The van der Waals surface area contributed by atoms with Gasteiger partial charge in [-0.25, -0.2) is 4.98 Å². The van der Waals surface area contributed by atoms with Gasteiger partial charge in [-0.15, -0.1) is 0 Å². The van der Waals surface area contributed by atoms with Crippen LogP contribution in [-0.2, 0) is 13.1 Å². The summed E-state index contributed by atoms with van der Waals surface area (Å²) in [4.78, 5) is 9.66. The SMILES string of the molecule is CCN1CCCC(CN)(N2CCn3ccnc3C2)CC1. The average Bonchev–Trinajstić information content (AvgIpc) is 2.85. The Kier molecular flexibility index (Phi) is 4.10. The summed E-state index contributed by atoms with van der Waals surface area (Å²) in [6, 6.07) is 0. The van der Waals surface area contributed by atoms with Crippen LogP contribution in [0, 0.1) is 0 Å². The summed E-state index contributed by atoms with van der Waals surface area (Å²) in [6.45, 7) is 9.69. The fourth-order valence-electron chi connectivity index (χ4n) is 3.78. The molecule has 0 amide bonds. The molecule has 2 aliphatic rings. The Morgan fingerprint density at radius 2 is 2.15 bits per heavy atom. The molecule has 112 valence electrons. The molecule has 5 heteroatoms. The summed E-state index contributed by atoms with van der Waals surface area (Å²) < 4.78 is 2.27. The first-order valence-electron chi connectivity index (χ1n) is 7.95. The van der Waals surface area contributed by atoms with Crippen molar-refractivity contribution in [1.29, 1.82) is 0 Å². The number of likely N-dealkylation sites (tertiary alicyclic amines) is 1. The number of aromatic nitrogens is 2. The van der Waals surface area contributed by atoms with Gasteiger partial charge in [-0.3, -0.25) is 4.90 Å². The third-order valence-electron chi connectivity index (χ3n) is 5.25. The van der Waals surface area contributed by atoms with Gasteiger partial charge in [0.15, 0.2) is 0 Å². The molecule has 0 aliphatic carbocycles. The second-order valence-electron chi connectivity index (χ2n) is 6.17. The van der Waals surface area contributed by atoms with Crippen LogP contribution in [-0.4, -0.2) is 57.6 Å². The number of nitrogens with zero attached hydrogens (tertiary/aromatic N) is 4. The molecule has 0 aromatic carbocycles. The molecule has 3 heterocycles. The number of hydrogen-bond donors (Lipinski definition) is 1. The highest BCUT2D eigenvalue weighted by atomic mass is 15.3. The van der Waals surface area contributed by atoms with E-state index in [0.29, 0.717) is 0 Å². The van der Waals surface area contributed by atoms with E-state index in [1.54, 1.807) is 0 Å². The third kappa shape index (κ3) is 2.50. The minimum Gasteiger partial charge on any atom is -0.333 e. The van der Waals surface area contributed by atoms with Crippen LogP contribution < -0.4 is 5.73 Å². The van der Waals surface area contributed by atoms with E-state index in [9.17, 15) is 0 Å². The molecule has 1 unspecified atom stereocenters. The molecule has 1 aromatic heterocycles. The van der Waals surface area contributed by atoms with Gasteiger partial charge in [-0.2, -0.15) is 0 Å². The molecule has 2 aliphatic heterocycles. The van der Waals surface area contributed by atoms with E-state index < -0.39 is 0 Å². The minimum atomic E-state index is 0.182. The van der Waals surface area contributed by atoms with E-state index in [4.69, 9.17) is 5.73 Å². The van der Waals surface area contributed by atoms with E-state index in [0.717, 1.165) is 32.7 Å². The predicted octanol–water partition coefficient (Wildman–Crippen LogP) is 0.902. The van der Waals surface area contributed by atoms with Crippen LogP contribution >= 0.6 is 0 Å². The van der Waals surface area contributed by atoms with E-state index in [-0.39, 0.29) is 5.54 Å². The van der Waals surface area contributed by atoms with Gasteiger partial charge in [-0.1, -0.05) is 6.92 Å². The number of rotatable bonds is 3. The monoisotopic (exact) mass is 277 g/mol. The summed E-state index contributed by atoms with van der Waals surface area (Å²) in [7, 11) is 0. The van der Waals surface area contributed by atoms with Crippen molar-refractivity contribution in [3.8, 4) is 0 Å². The summed E-state index contributed by atoms with van der Waals surface area (Å²) in [6.07, 6.45) is 7.68. The first kappa shape index (κ1) is 14.0. The molecule has 20 heavy (non-hydrogen) atoms. The van der Waals surface area contributed by atoms with Crippen LogP contribution in [0.15, 0.2) is 12.4 Å². The second kappa shape index (κ2) is 5.84. The van der Waals surface area contributed by atoms with Crippen molar-refractivity contribution in [2.75, 3.05) is 32.7 Å². The van der Waals surface area contributed by atoms with Gasteiger partial charge in [0.25, 0.3) is 0 Å². The van der Waals surface area contributed by atoms with Crippen molar-refractivity contribution in [3.63, 3.8) is 0 Å². The lowest BCUT2D eigenvalue weighted by atomic mass is 9.88. The normalized spacial score (nSPS) is 29.1. The van der Waals surface area contributed by atoms with Gasteiger partial charge < -0.3 is 15.2 Å². The molecule has 0 radical (unpaired) electrons. The zero-order chi connectivity index (χ0) is 14.0. The van der Waals surface area contributed by atoms with E-state index >= 15 is 0 Å². The van der Waals surface area contributed by atoms with Crippen LogP contribution in [0.4, 0.5) is 0 Å². The van der Waals surface area contributed by atoms with E-state index in [1.165, 1.54) is 38.2 Å². The van der Waals surface area contributed by atoms with Crippen LogP contribution in [0.2, 0.25) is 0 Å². The van der Waals surface area contributed by atoms with Crippen molar-refractivity contribution >= 4 is 0 Å². The first-order chi connectivity index (χ1) is 9.77. The van der Waals surface area contributed by atoms with Crippen LogP contribution in [0.3, 0.4) is 0 Å². The molecule has 5 nitrogen and oxygen atoms in total. The van der Waals surface area contributed by atoms with Gasteiger partial charge >= 0.3 is 0 Å². The molecule has 0 saturated carbocycles. The number of nitrogens with two attached hydrogens (primary N) is 1. The van der Waals surface area contributed by atoms with E-state index in [2.05, 4.69) is 32.5 Å². The van der Waals surface area contributed by atoms with Crippen molar-refractivity contribution < 1.29 is 0 Å². The smallest absolute Gasteiger partial charge is 0.122 e. The van der Waals surface area contributed by atoms with Gasteiger partial charge in [0.2, 0.25) is 0 Å². The molecule has 2 N–H and O–H groups in total. The standard InChI is InChI=1S/C15H27N5/c1-2-18-7-3-4-15(13-16,5-8-18)20-11-10-19-9-6-17-14(19)12-20/h6,9H,2-5,7-8,10-13,16H2,1H3. The summed E-state index contributed by atoms with van der Waals surface area (Å²) >= 11 is 0. The fourth-order valence-corrected chi connectivity index (χ4v) is 3.78. The van der Waals surface area contributed by atoms with Crippen LogP contribution in [0.5, 0.6) is 0 Å². The number of fused-ring (bicyclic) bond motifs is 1. The Labute approximate surface area is 121 Å². The average molecular weight is 277 g/mol. The van der Waals surface area contributed by atoms with Gasteiger partial charge in [0.1, 0.15) is 5.82 Å². The van der Waals surface area contributed by atoms with Crippen LogP contribution in [0.1, 0.15) is 32.0 Å². The van der Waals surface area contributed by atoms with Gasteiger partial charge in [-0.05, 0) is 38.9 Å². The number of imidazole rings is 1. The Morgan fingerprint density at radius 1 is 1.25 bits per heavy atom. The zero-order valence-corrected chi connectivity index (χ0v) is 12.6. The molecular weight excluding hydrogens is 250 g/mol. The van der Waals surface area contributed by atoms with Crippen molar-refractivity contribution in [3.05, 3.63) is 18.2 Å². The third-order valence-corrected chi connectivity index (χ3v) is 5.25. The lowest BCUT2D eigenvalue weighted by Crippen LogP contribution is -2.56. The summed E-state index contributed by atoms with van der Waals surface area (Å²) in [5.41, 5.74) is 6.41. The van der Waals surface area contributed by atoms with Gasteiger partial charge in [0.05, 0.1) is 6.54 Å². The molecule has 3 rings (SSSR count). The Hall–Kier alpha value is -0.910. The molecule has 1 aromatic rings. The molecule has 0 spiro atoms. The van der Waals surface area contributed by atoms with E-state index in [1.807, 2.05) is 6.20 Å². The molecule has 1 saturated heterocycles. The maximum absolute atomic E-state index is 6.23. The second-order valence-corrected chi connectivity index (χ2v) is 6.17. The minimum absolute atomic E-state index is 0.182. The predicted molar refractivity (Wildman–Crippen MR) is 80.4 cm³/mol.